The molecule has 0 saturated heterocycles. The first kappa shape index (κ1) is 17.8. The Hall–Kier alpha value is -3.56. The molecule has 3 heterocycles. The molecule has 10 heteroatoms. The summed E-state index contributed by atoms with van der Waals surface area (Å²) in [4.78, 5) is 41.5. The zero-order valence-corrected chi connectivity index (χ0v) is 15.4. The average molecular weight is 385 g/mol. The number of imidazole rings is 1. The number of hydrogen-bond acceptors (Lipinski definition) is 6. The van der Waals surface area contributed by atoms with Gasteiger partial charge in [-0.1, -0.05) is 12.1 Å². The second-order valence-corrected chi connectivity index (χ2v) is 6.56. The molecule has 0 saturated carbocycles. The summed E-state index contributed by atoms with van der Waals surface area (Å²) in [7, 11) is 3.17. The second-order valence-electron chi connectivity index (χ2n) is 6.56. The van der Waals surface area contributed by atoms with Crippen LogP contribution in [0, 0.1) is 0 Å². The van der Waals surface area contributed by atoms with Crippen molar-refractivity contribution in [1.29, 1.82) is 0 Å². The summed E-state index contributed by atoms with van der Waals surface area (Å²) >= 11 is 0. The van der Waals surface area contributed by atoms with E-state index in [4.69, 9.17) is 9.47 Å². The molecule has 3 aromatic rings. The van der Waals surface area contributed by atoms with Crippen LogP contribution >= 0.6 is 0 Å². The van der Waals surface area contributed by atoms with Crippen LogP contribution in [0.3, 0.4) is 0 Å². The number of aromatic nitrogens is 4. The number of benzene rings is 1. The summed E-state index contributed by atoms with van der Waals surface area (Å²) in [6.07, 6.45) is 1.09. The Labute approximate surface area is 158 Å². The molecule has 0 bridgehead atoms. The molecule has 1 aromatic carbocycles. The van der Waals surface area contributed by atoms with Crippen LogP contribution in [0.15, 0.2) is 40.2 Å². The Balaban J connectivity index is 1.47. The molecule has 1 unspecified atom stereocenters. The van der Waals surface area contributed by atoms with E-state index in [0.29, 0.717) is 18.1 Å². The molecular weight excluding hydrogens is 366 g/mol. The van der Waals surface area contributed by atoms with Crippen LogP contribution in [0.1, 0.15) is 0 Å². The number of carbonyl (C=O) groups is 1. The fourth-order valence-electron chi connectivity index (χ4n) is 3.13. The lowest BCUT2D eigenvalue weighted by molar-refractivity contribution is -0.122. The third kappa shape index (κ3) is 3.02. The van der Waals surface area contributed by atoms with Gasteiger partial charge in [-0.2, -0.15) is 0 Å². The van der Waals surface area contributed by atoms with Crippen molar-refractivity contribution in [2.24, 2.45) is 14.1 Å². The van der Waals surface area contributed by atoms with Crippen molar-refractivity contribution in [2.75, 3.05) is 13.2 Å². The van der Waals surface area contributed by atoms with E-state index in [9.17, 15) is 14.4 Å². The molecule has 1 aliphatic rings. The molecule has 28 heavy (non-hydrogen) atoms. The van der Waals surface area contributed by atoms with Gasteiger partial charge in [0.15, 0.2) is 22.7 Å². The lowest BCUT2D eigenvalue weighted by atomic mass is 10.2. The highest BCUT2D eigenvalue weighted by atomic mass is 16.6. The average Bonchev–Trinajstić information content (AvgIpc) is 3.09. The highest BCUT2D eigenvalue weighted by molar-refractivity contribution is 5.76. The fraction of sp³-hybridized carbons (Fsp3) is 0.333. The first-order chi connectivity index (χ1) is 13.5. The number of hydrogen-bond donors (Lipinski definition) is 1. The number of para-hydroxylation sites is 2. The molecule has 2 aromatic heterocycles. The highest BCUT2D eigenvalue weighted by Gasteiger charge is 2.22. The number of amides is 1. The summed E-state index contributed by atoms with van der Waals surface area (Å²) in [6, 6.07) is 7.28. The Bertz CT molecular complexity index is 1180. The number of aryl methyl sites for hydroxylation is 2. The van der Waals surface area contributed by atoms with Gasteiger partial charge in [0.2, 0.25) is 5.91 Å². The van der Waals surface area contributed by atoms with Gasteiger partial charge >= 0.3 is 5.69 Å². The van der Waals surface area contributed by atoms with Crippen LogP contribution in [0.4, 0.5) is 0 Å². The van der Waals surface area contributed by atoms with Crippen molar-refractivity contribution in [1.82, 2.24) is 24.0 Å². The molecular formula is C18H19N5O5. The van der Waals surface area contributed by atoms with Gasteiger partial charge in [-0.3, -0.25) is 14.2 Å². The maximum absolute atomic E-state index is 12.6. The van der Waals surface area contributed by atoms with Gasteiger partial charge in [0.25, 0.3) is 5.56 Å². The largest absolute Gasteiger partial charge is 0.486 e. The van der Waals surface area contributed by atoms with Crippen LogP contribution in [0.2, 0.25) is 0 Å². The van der Waals surface area contributed by atoms with Crippen LogP contribution in [-0.2, 0) is 25.4 Å². The van der Waals surface area contributed by atoms with E-state index >= 15 is 0 Å². The van der Waals surface area contributed by atoms with Crippen molar-refractivity contribution in [2.45, 2.75) is 12.6 Å². The molecule has 1 amide bonds. The Kier molecular flexibility index (Phi) is 4.38. The molecule has 0 fully saturated rings. The summed E-state index contributed by atoms with van der Waals surface area (Å²) in [6.45, 7) is 0.0902. The summed E-state index contributed by atoms with van der Waals surface area (Å²) in [5.74, 6) is 0.799. The lowest BCUT2D eigenvalue weighted by Gasteiger charge is -2.26. The normalized spacial score (nSPS) is 15.6. The quantitative estimate of drug-likeness (QED) is 0.642. The van der Waals surface area contributed by atoms with E-state index in [2.05, 4.69) is 10.3 Å². The standard InChI is InChI=1S/C18H19N5O5/c1-21-10-20-16-15(21)17(25)23(18(26)22(16)2)8-14(24)19-7-11-9-27-12-5-3-4-6-13(12)28-11/h3-6,10-11H,7-9H2,1-2H3,(H,19,24). The molecule has 1 N–H and O–H groups in total. The van der Waals surface area contributed by atoms with E-state index in [-0.39, 0.29) is 23.8 Å². The Morgan fingerprint density at radius 3 is 2.79 bits per heavy atom. The van der Waals surface area contributed by atoms with E-state index in [1.165, 1.54) is 22.5 Å². The molecule has 1 atom stereocenters. The summed E-state index contributed by atoms with van der Waals surface area (Å²) < 4.78 is 15.0. The second kappa shape index (κ2) is 6.87. The van der Waals surface area contributed by atoms with E-state index in [0.717, 1.165) is 4.57 Å². The smallest absolute Gasteiger partial charge is 0.332 e. The third-order valence-electron chi connectivity index (χ3n) is 4.60. The number of nitrogens with zero attached hydrogens (tertiary/aromatic N) is 4. The minimum absolute atomic E-state index is 0.191. The van der Waals surface area contributed by atoms with Crippen LogP contribution in [-0.4, -0.2) is 43.8 Å². The van der Waals surface area contributed by atoms with Crippen LogP contribution < -0.4 is 26.0 Å². The Morgan fingerprint density at radius 1 is 1.25 bits per heavy atom. The van der Waals surface area contributed by atoms with Gasteiger partial charge < -0.3 is 19.4 Å². The van der Waals surface area contributed by atoms with Crippen molar-refractivity contribution in [3.05, 3.63) is 51.4 Å². The van der Waals surface area contributed by atoms with E-state index < -0.39 is 23.7 Å². The zero-order valence-electron chi connectivity index (χ0n) is 15.4. The van der Waals surface area contributed by atoms with Crippen LogP contribution in [0.5, 0.6) is 11.5 Å². The third-order valence-corrected chi connectivity index (χ3v) is 4.60. The van der Waals surface area contributed by atoms with Crippen LogP contribution in [0.25, 0.3) is 11.2 Å². The first-order valence-corrected chi connectivity index (χ1v) is 8.71. The molecule has 10 nitrogen and oxygen atoms in total. The predicted octanol–water partition coefficient (Wildman–Crippen LogP) is -0.610. The van der Waals surface area contributed by atoms with Gasteiger partial charge in [-0.25, -0.2) is 14.3 Å². The van der Waals surface area contributed by atoms with Crippen molar-refractivity contribution in [3.63, 3.8) is 0 Å². The van der Waals surface area contributed by atoms with Gasteiger partial charge in [0, 0.05) is 14.1 Å². The molecule has 146 valence electrons. The molecule has 1 aliphatic heterocycles. The predicted molar refractivity (Wildman–Crippen MR) is 99.6 cm³/mol. The van der Waals surface area contributed by atoms with Gasteiger partial charge in [-0.15, -0.1) is 0 Å². The fourth-order valence-corrected chi connectivity index (χ4v) is 3.13. The number of nitrogens with one attached hydrogen (secondary N) is 1. The monoisotopic (exact) mass is 385 g/mol. The SMILES string of the molecule is Cn1cnc2c1c(=O)n(CC(=O)NCC1COc3ccccc3O1)c(=O)n2C. The number of rotatable bonds is 4. The van der Waals surface area contributed by atoms with Crippen molar-refractivity contribution < 1.29 is 14.3 Å². The lowest BCUT2D eigenvalue weighted by Crippen LogP contribution is -2.46. The van der Waals surface area contributed by atoms with Gasteiger partial charge in [-0.05, 0) is 12.1 Å². The molecule has 4 rings (SSSR count). The topological polar surface area (TPSA) is 109 Å². The van der Waals surface area contributed by atoms with Crippen molar-refractivity contribution >= 4 is 17.1 Å². The molecule has 0 radical (unpaired) electrons. The molecule has 0 spiro atoms. The van der Waals surface area contributed by atoms with Crippen molar-refractivity contribution in [3.8, 4) is 11.5 Å². The van der Waals surface area contributed by atoms with E-state index in [1.807, 2.05) is 12.1 Å². The first-order valence-electron chi connectivity index (χ1n) is 8.71. The zero-order chi connectivity index (χ0) is 19.8. The summed E-state index contributed by atoms with van der Waals surface area (Å²) in [5, 5.41) is 2.69. The Morgan fingerprint density at radius 2 is 2.00 bits per heavy atom. The van der Waals surface area contributed by atoms with E-state index in [1.54, 1.807) is 19.2 Å². The number of ether oxygens (including phenoxy) is 2. The summed E-state index contributed by atoms with van der Waals surface area (Å²) in [5.41, 5.74) is -0.618. The van der Waals surface area contributed by atoms with Gasteiger partial charge in [0.05, 0.1) is 12.9 Å². The highest BCUT2D eigenvalue weighted by Crippen LogP contribution is 2.30. The van der Waals surface area contributed by atoms with Gasteiger partial charge in [0.1, 0.15) is 19.3 Å². The number of fused-ring (bicyclic) bond motifs is 2. The minimum Gasteiger partial charge on any atom is -0.486 e. The number of carbonyl (C=O) groups excluding carboxylic acids is 1. The minimum atomic E-state index is -0.600. The maximum atomic E-state index is 12.6. The maximum Gasteiger partial charge on any atom is 0.332 e. The molecule has 0 aliphatic carbocycles.